The van der Waals surface area contributed by atoms with Crippen molar-refractivity contribution in [3.05, 3.63) is 41.5 Å². The summed E-state index contributed by atoms with van der Waals surface area (Å²) in [6.45, 7) is 6.82. The molecule has 0 radical (unpaired) electrons. The summed E-state index contributed by atoms with van der Waals surface area (Å²) in [6, 6.07) is 7.06. The van der Waals surface area contributed by atoms with E-state index in [9.17, 15) is 8.42 Å². The monoisotopic (exact) mass is 428 g/mol. The molecule has 0 amide bonds. The Bertz CT molecular complexity index is 947. The van der Waals surface area contributed by atoms with Gasteiger partial charge in [0.05, 0.1) is 11.0 Å². The van der Waals surface area contributed by atoms with E-state index in [1.54, 1.807) is 12.1 Å². The first kappa shape index (κ1) is 20.8. The molecule has 30 heavy (non-hydrogen) atoms. The summed E-state index contributed by atoms with van der Waals surface area (Å²) < 4.78 is 32.5. The van der Waals surface area contributed by atoms with Crippen LogP contribution < -0.4 is 0 Å². The molecule has 3 saturated carbocycles. The third kappa shape index (κ3) is 3.12. The van der Waals surface area contributed by atoms with Crippen LogP contribution in [-0.2, 0) is 14.3 Å². The average Bonchev–Trinajstić information content (AvgIpc) is 3.10. The van der Waals surface area contributed by atoms with Crippen molar-refractivity contribution in [1.82, 2.24) is 0 Å². The van der Waals surface area contributed by atoms with E-state index in [2.05, 4.69) is 19.9 Å². The summed E-state index contributed by atoms with van der Waals surface area (Å²) in [5, 5.41) is 0. The lowest BCUT2D eigenvalue weighted by molar-refractivity contribution is -0.0709. The van der Waals surface area contributed by atoms with Crippen molar-refractivity contribution >= 4 is 10.1 Å². The van der Waals surface area contributed by atoms with E-state index in [0.29, 0.717) is 17.3 Å². The third-order valence-electron chi connectivity index (χ3n) is 9.45. The molecule has 5 rings (SSSR count). The van der Waals surface area contributed by atoms with Gasteiger partial charge in [0.15, 0.2) is 0 Å². The number of rotatable bonds is 3. The molecule has 4 heteroatoms. The molecule has 4 aliphatic rings. The van der Waals surface area contributed by atoms with Gasteiger partial charge in [0, 0.05) is 5.41 Å². The molecule has 0 spiro atoms. The number of fused-ring (bicyclic) bond motifs is 5. The van der Waals surface area contributed by atoms with Gasteiger partial charge in [-0.3, -0.25) is 4.18 Å². The molecule has 4 aliphatic carbocycles. The fourth-order valence-corrected chi connectivity index (χ4v) is 8.93. The lowest BCUT2D eigenvalue weighted by atomic mass is 9.47. The van der Waals surface area contributed by atoms with Crippen LogP contribution in [0.4, 0.5) is 0 Å². The lowest BCUT2D eigenvalue weighted by Gasteiger charge is -2.58. The fourth-order valence-electron chi connectivity index (χ4n) is 7.75. The molecule has 1 aromatic carbocycles. The summed E-state index contributed by atoms with van der Waals surface area (Å²) >= 11 is 0. The number of hydrogen-bond donors (Lipinski definition) is 0. The molecule has 6 atom stereocenters. The van der Waals surface area contributed by atoms with Crippen molar-refractivity contribution in [3.63, 3.8) is 0 Å². The second kappa shape index (κ2) is 7.20. The normalized spacial score (nSPS) is 40.8. The molecule has 0 aromatic heterocycles. The number of aryl methyl sites for hydroxylation is 1. The lowest BCUT2D eigenvalue weighted by Crippen LogP contribution is -2.54. The average molecular weight is 429 g/mol. The smallest absolute Gasteiger partial charge is 0.262 e. The summed E-state index contributed by atoms with van der Waals surface area (Å²) in [5.74, 6) is 2.03. The van der Waals surface area contributed by atoms with Gasteiger partial charge in [0.1, 0.15) is 0 Å². The van der Waals surface area contributed by atoms with Gasteiger partial charge >= 0.3 is 0 Å². The maximum Gasteiger partial charge on any atom is 0.297 e. The molecule has 0 heterocycles. The van der Waals surface area contributed by atoms with Crippen LogP contribution in [0.25, 0.3) is 0 Å². The zero-order chi connectivity index (χ0) is 21.1. The van der Waals surface area contributed by atoms with Gasteiger partial charge in [-0.15, -0.1) is 0 Å². The fraction of sp³-hybridized carbons (Fsp3) is 0.692. The molecule has 1 unspecified atom stereocenters. The van der Waals surface area contributed by atoms with Gasteiger partial charge in [-0.25, -0.2) is 0 Å². The Morgan fingerprint density at radius 3 is 2.50 bits per heavy atom. The molecule has 164 valence electrons. The first-order valence-corrected chi connectivity index (χ1v) is 13.3. The quantitative estimate of drug-likeness (QED) is 0.412. The molecule has 0 bridgehead atoms. The minimum absolute atomic E-state index is 0.150. The molecule has 0 saturated heterocycles. The van der Waals surface area contributed by atoms with Crippen molar-refractivity contribution in [2.24, 2.45) is 28.6 Å². The van der Waals surface area contributed by atoms with E-state index in [0.717, 1.165) is 30.7 Å². The van der Waals surface area contributed by atoms with Crippen molar-refractivity contribution < 1.29 is 12.6 Å². The molecule has 0 N–H and O–H groups in total. The molecule has 1 aromatic rings. The van der Waals surface area contributed by atoms with Crippen LogP contribution in [0, 0.1) is 35.5 Å². The van der Waals surface area contributed by atoms with E-state index in [-0.39, 0.29) is 16.4 Å². The maximum absolute atomic E-state index is 13.2. The van der Waals surface area contributed by atoms with Crippen molar-refractivity contribution in [1.29, 1.82) is 0 Å². The predicted octanol–water partition coefficient (Wildman–Crippen LogP) is 6.42. The van der Waals surface area contributed by atoms with Gasteiger partial charge in [0.25, 0.3) is 10.1 Å². The van der Waals surface area contributed by atoms with E-state index < -0.39 is 10.1 Å². The number of benzene rings is 1. The Balaban J connectivity index is 1.48. The maximum atomic E-state index is 13.2. The molecule has 3 nitrogen and oxygen atoms in total. The van der Waals surface area contributed by atoms with Gasteiger partial charge in [-0.1, -0.05) is 49.6 Å². The Labute approximate surface area is 182 Å². The van der Waals surface area contributed by atoms with Crippen LogP contribution >= 0.6 is 0 Å². The van der Waals surface area contributed by atoms with Gasteiger partial charge < -0.3 is 0 Å². The van der Waals surface area contributed by atoms with Gasteiger partial charge in [-0.05, 0) is 93.6 Å². The first-order chi connectivity index (χ1) is 14.2. The van der Waals surface area contributed by atoms with Crippen LogP contribution in [0.3, 0.4) is 0 Å². The van der Waals surface area contributed by atoms with Crippen molar-refractivity contribution in [3.8, 4) is 0 Å². The van der Waals surface area contributed by atoms with E-state index in [4.69, 9.17) is 4.18 Å². The van der Waals surface area contributed by atoms with Crippen molar-refractivity contribution in [2.45, 2.75) is 89.6 Å². The third-order valence-corrected chi connectivity index (χ3v) is 10.8. The minimum Gasteiger partial charge on any atom is -0.262 e. The summed E-state index contributed by atoms with van der Waals surface area (Å²) in [6.07, 6.45) is 13.0. The predicted molar refractivity (Wildman–Crippen MR) is 120 cm³/mol. The summed E-state index contributed by atoms with van der Waals surface area (Å²) in [4.78, 5) is 0.284. The SMILES string of the molecule is Cc1ccc(S(=O)(=O)OC2CCCC3=CC[C@H]4[C@@H]5CCC[C@@]5(C)CC[C@@H]4[C@]32C)cc1. The zero-order valence-corrected chi connectivity index (χ0v) is 19.5. The van der Waals surface area contributed by atoms with E-state index in [1.807, 2.05) is 19.1 Å². The molecular formula is C26H36O3S. The number of allylic oxidation sites excluding steroid dienone is 1. The highest BCUT2D eigenvalue weighted by molar-refractivity contribution is 7.86. The largest absolute Gasteiger partial charge is 0.297 e. The van der Waals surface area contributed by atoms with Crippen LogP contribution in [0.5, 0.6) is 0 Å². The van der Waals surface area contributed by atoms with Gasteiger partial charge in [0.2, 0.25) is 0 Å². The number of hydrogen-bond acceptors (Lipinski definition) is 3. The van der Waals surface area contributed by atoms with Crippen LogP contribution in [0.1, 0.15) is 77.2 Å². The van der Waals surface area contributed by atoms with Gasteiger partial charge in [-0.2, -0.15) is 8.42 Å². The van der Waals surface area contributed by atoms with Crippen LogP contribution in [0.2, 0.25) is 0 Å². The van der Waals surface area contributed by atoms with Crippen molar-refractivity contribution in [2.75, 3.05) is 0 Å². The molecular weight excluding hydrogens is 392 g/mol. The Kier molecular flexibility index (Phi) is 4.98. The van der Waals surface area contributed by atoms with E-state index >= 15 is 0 Å². The minimum atomic E-state index is -3.76. The van der Waals surface area contributed by atoms with Crippen LogP contribution in [0.15, 0.2) is 40.8 Å². The standard InChI is InChI=1S/C26H36O3S/c1-18-9-12-20(13-10-18)30(27,28)29-24-8-4-6-19-11-14-21-22-7-5-16-25(22,2)17-15-23(21)26(19,24)3/h9-13,21-24H,4-8,14-17H2,1-3H3/t21-,22-,23-,24?,25-,26-/m0/s1. The zero-order valence-electron chi connectivity index (χ0n) is 18.7. The Morgan fingerprint density at radius 2 is 1.73 bits per heavy atom. The highest BCUT2D eigenvalue weighted by atomic mass is 32.2. The van der Waals surface area contributed by atoms with E-state index in [1.165, 1.54) is 44.1 Å². The summed E-state index contributed by atoms with van der Waals surface area (Å²) in [5.41, 5.74) is 2.88. The summed E-state index contributed by atoms with van der Waals surface area (Å²) in [7, 11) is -3.76. The highest BCUT2D eigenvalue weighted by Crippen LogP contribution is 2.65. The first-order valence-electron chi connectivity index (χ1n) is 11.9. The second-order valence-electron chi connectivity index (χ2n) is 11.0. The topological polar surface area (TPSA) is 43.4 Å². The van der Waals surface area contributed by atoms with Crippen LogP contribution in [-0.4, -0.2) is 14.5 Å². The molecule has 3 fully saturated rings. The Morgan fingerprint density at radius 1 is 0.967 bits per heavy atom. The highest BCUT2D eigenvalue weighted by Gasteiger charge is 2.58. The Hall–Kier alpha value is -1.13. The molecule has 0 aliphatic heterocycles. The second-order valence-corrected chi connectivity index (χ2v) is 12.5.